The van der Waals surface area contributed by atoms with Crippen LogP contribution in [0.25, 0.3) is 5.13 Å². The average Bonchev–Trinajstić information content (AvgIpc) is 3.04. The highest BCUT2D eigenvalue weighted by Crippen LogP contribution is 2.20. The number of carbonyl (C=O) groups is 1. The molecular weight excluding hydrogens is 306 g/mol. The first-order chi connectivity index (χ1) is 10.3. The summed E-state index contributed by atoms with van der Waals surface area (Å²) in [4.78, 5) is 20.9. The zero-order valence-electron chi connectivity index (χ0n) is 12.9. The van der Waals surface area contributed by atoms with Gasteiger partial charge in [0.15, 0.2) is 5.82 Å². The number of rotatable bonds is 4. The van der Waals surface area contributed by atoms with E-state index < -0.39 is 17.7 Å². The molecule has 0 aliphatic heterocycles. The molecule has 0 aliphatic rings. The second kappa shape index (κ2) is 6.41. The van der Waals surface area contributed by atoms with E-state index in [4.69, 9.17) is 9.84 Å². The van der Waals surface area contributed by atoms with E-state index in [1.807, 2.05) is 0 Å². The van der Waals surface area contributed by atoms with Crippen molar-refractivity contribution < 1.29 is 14.6 Å². The third-order valence-electron chi connectivity index (χ3n) is 2.57. The van der Waals surface area contributed by atoms with Gasteiger partial charge in [0, 0.05) is 6.20 Å². The number of aromatic nitrogens is 4. The van der Waals surface area contributed by atoms with Gasteiger partial charge < -0.3 is 15.2 Å². The maximum Gasteiger partial charge on any atom is 0.408 e. The van der Waals surface area contributed by atoms with Crippen molar-refractivity contribution in [3.05, 3.63) is 23.2 Å². The van der Waals surface area contributed by atoms with Crippen molar-refractivity contribution in [1.82, 2.24) is 25.1 Å². The van der Waals surface area contributed by atoms with Crippen molar-refractivity contribution in [1.29, 1.82) is 0 Å². The molecule has 120 valence electrons. The normalized spacial score (nSPS) is 13.0. The van der Waals surface area contributed by atoms with Crippen LogP contribution in [0.15, 0.2) is 12.5 Å². The fourth-order valence-electron chi connectivity index (χ4n) is 1.71. The SMILES string of the molecule is C[C@H](NC(=O)OC(C)(C)C)c1ncnn1-c1ncc(CO)s1. The average molecular weight is 325 g/mol. The fraction of sp³-hybridized carbons (Fsp3) is 0.538. The van der Waals surface area contributed by atoms with Gasteiger partial charge in [0.1, 0.15) is 11.9 Å². The number of alkyl carbamates (subject to hydrolysis) is 1. The predicted octanol–water partition coefficient (Wildman–Crippen LogP) is 1.80. The molecular formula is C13H19N5O3S. The molecule has 0 spiro atoms. The zero-order chi connectivity index (χ0) is 16.3. The van der Waals surface area contributed by atoms with Crippen LogP contribution >= 0.6 is 11.3 Å². The van der Waals surface area contributed by atoms with E-state index in [1.54, 1.807) is 33.9 Å². The third kappa shape index (κ3) is 4.01. The number of amides is 1. The summed E-state index contributed by atoms with van der Waals surface area (Å²) in [6.07, 6.45) is 2.45. The number of hydrogen-bond acceptors (Lipinski definition) is 7. The molecule has 0 aromatic carbocycles. The van der Waals surface area contributed by atoms with Gasteiger partial charge in [-0.1, -0.05) is 11.3 Å². The van der Waals surface area contributed by atoms with Crippen LogP contribution in [0, 0.1) is 0 Å². The Morgan fingerprint density at radius 1 is 1.50 bits per heavy atom. The van der Waals surface area contributed by atoms with Gasteiger partial charge in [0.2, 0.25) is 5.13 Å². The van der Waals surface area contributed by atoms with Crippen LogP contribution in [0.1, 0.15) is 44.4 Å². The van der Waals surface area contributed by atoms with E-state index in [-0.39, 0.29) is 6.61 Å². The predicted molar refractivity (Wildman–Crippen MR) is 80.7 cm³/mol. The van der Waals surface area contributed by atoms with Crippen LogP contribution in [-0.4, -0.2) is 36.5 Å². The summed E-state index contributed by atoms with van der Waals surface area (Å²) in [7, 11) is 0. The summed E-state index contributed by atoms with van der Waals surface area (Å²) < 4.78 is 6.75. The summed E-state index contributed by atoms with van der Waals surface area (Å²) >= 11 is 1.31. The largest absolute Gasteiger partial charge is 0.444 e. The van der Waals surface area contributed by atoms with Crippen molar-refractivity contribution in [2.24, 2.45) is 0 Å². The quantitative estimate of drug-likeness (QED) is 0.888. The van der Waals surface area contributed by atoms with Gasteiger partial charge in [-0.3, -0.25) is 0 Å². The lowest BCUT2D eigenvalue weighted by Gasteiger charge is -2.21. The Morgan fingerprint density at radius 2 is 2.23 bits per heavy atom. The van der Waals surface area contributed by atoms with Gasteiger partial charge in [-0.05, 0) is 27.7 Å². The topological polar surface area (TPSA) is 102 Å². The lowest BCUT2D eigenvalue weighted by atomic mass is 10.2. The minimum Gasteiger partial charge on any atom is -0.444 e. The fourth-order valence-corrected chi connectivity index (χ4v) is 2.45. The molecule has 1 atom stereocenters. The van der Waals surface area contributed by atoms with Crippen molar-refractivity contribution >= 4 is 17.4 Å². The number of aliphatic hydroxyl groups excluding tert-OH is 1. The Bertz CT molecular complexity index is 646. The van der Waals surface area contributed by atoms with Gasteiger partial charge in [0.25, 0.3) is 0 Å². The number of ether oxygens (including phenoxy) is 1. The molecule has 2 heterocycles. The van der Waals surface area contributed by atoms with Crippen molar-refractivity contribution in [2.45, 2.75) is 45.9 Å². The van der Waals surface area contributed by atoms with Crippen LogP contribution in [0.4, 0.5) is 4.79 Å². The highest BCUT2D eigenvalue weighted by atomic mass is 32.1. The molecule has 0 bridgehead atoms. The number of carbonyl (C=O) groups excluding carboxylic acids is 1. The number of aliphatic hydroxyl groups is 1. The Balaban J connectivity index is 2.13. The minimum absolute atomic E-state index is 0.0760. The van der Waals surface area contributed by atoms with Gasteiger partial charge in [-0.15, -0.1) is 0 Å². The first-order valence-electron chi connectivity index (χ1n) is 6.75. The van der Waals surface area contributed by atoms with E-state index in [9.17, 15) is 4.79 Å². The maximum atomic E-state index is 11.8. The summed E-state index contributed by atoms with van der Waals surface area (Å²) in [5.41, 5.74) is -0.567. The van der Waals surface area contributed by atoms with E-state index in [1.165, 1.54) is 22.3 Å². The van der Waals surface area contributed by atoms with Gasteiger partial charge in [-0.2, -0.15) is 9.78 Å². The summed E-state index contributed by atoms with van der Waals surface area (Å²) in [6.45, 7) is 7.10. The monoisotopic (exact) mass is 325 g/mol. The van der Waals surface area contributed by atoms with E-state index in [0.29, 0.717) is 11.0 Å². The summed E-state index contributed by atoms with van der Waals surface area (Å²) in [6, 6.07) is -0.404. The highest BCUT2D eigenvalue weighted by molar-refractivity contribution is 7.14. The standard InChI is InChI=1S/C13H19N5O3S/c1-8(17-12(20)21-13(2,3)4)10-15-7-16-18(10)11-14-5-9(6-19)22-11/h5,7-8,19H,6H2,1-4H3,(H,17,20)/t8-/m0/s1. The number of hydrogen-bond donors (Lipinski definition) is 2. The summed E-state index contributed by atoms with van der Waals surface area (Å²) in [5, 5.41) is 16.5. The van der Waals surface area contributed by atoms with Crippen molar-refractivity contribution in [3.8, 4) is 5.13 Å². The Kier molecular flexibility index (Phi) is 4.77. The first-order valence-corrected chi connectivity index (χ1v) is 7.57. The molecule has 2 rings (SSSR count). The van der Waals surface area contributed by atoms with Crippen molar-refractivity contribution in [2.75, 3.05) is 0 Å². The lowest BCUT2D eigenvalue weighted by Crippen LogP contribution is -2.34. The Labute approximate surface area is 132 Å². The minimum atomic E-state index is -0.567. The van der Waals surface area contributed by atoms with Crippen LogP contribution in [0.5, 0.6) is 0 Å². The molecule has 9 heteroatoms. The van der Waals surface area contributed by atoms with Crippen LogP contribution in [-0.2, 0) is 11.3 Å². The lowest BCUT2D eigenvalue weighted by molar-refractivity contribution is 0.0505. The number of nitrogens with one attached hydrogen (secondary N) is 1. The molecule has 0 saturated heterocycles. The molecule has 0 aliphatic carbocycles. The Morgan fingerprint density at radius 3 is 2.82 bits per heavy atom. The molecule has 8 nitrogen and oxygen atoms in total. The van der Waals surface area contributed by atoms with E-state index in [2.05, 4.69) is 20.4 Å². The molecule has 22 heavy (non-hydrogen) atoms. The van der Waals surface area contributed by atoms with Crippen molar-refractivity contribution in [3.63, 3.8) is 0 Å². The molecule has 2 aromatic heterocycles. The highest BCUT2D eigenvalue weighted by Gasteiger charge is 2.22. The second-order valence-electron chi connectivity index (χ2n) is 5.67. The van der Waals surface area contributed by atoms with Gasteiger partial charge >= 0.3 is 6.09 Å². The van der Waals surface area contributed by atoms with Crippen LogP contribution in [0.3, 0.4) is 0 Å². The molecule has 2 aromatic rings. The Hall–Kier alpha value is -2.00. The number of thiazole rings is 1. The van der Waals surface area contributed by atoms with Gasteiger partial charge in [0.05, 0.1) is 17.5 Å². The van der Waals surface area contributed by atoms with E-state index >= 15 is 0 Å². The van der Waals surface area contributed by atoms with Gasteiger partial charge in [-0.25, -0.2) is 14.8 Å². The molecule has 0 saturated carbocycles. The molecule has 1 amide bonds. The molecule has 0 unspecified atom stereocenters. The maximum absolute atomic E-state index is 11.8. The molecule has 0 radical (unpaired) electrons. The molecule has 2 N–H and O–H groups in total. The van der Waals surface area contributed by atoms with E-state index in [0.717, 1.165) is 4.88 Å². The van der Waals surface area contributed by atoms with Crippen LogP contribution < -0.4 is 5.32 Å². The van der Waals surface area contributed by atoms with Crippen LogP contribution in [0.2, 0.25) is 0 Å². The molecule has 0 fully saturated rings. The summed E-state index contributed by atoms with van der Waals surface area (Å²) in [5.74, 6) is 0.532. The zero-order valence-corrected chi connectivity index (χ0v) is 13.7. The second-order valence-corrected chi connectivity index (χ2v) is 6.76. The number of nitrogens with zero attached hydrogens (tertiary/aromatic N) is 4. The smallest absolute Gasteiger partial charge is 0.408 e. The third-order valence-corrected chi connectivity index (χ3v) is 3.53. The first kappa shape index (κ1) is 16.4.